The van der Waals surface area contributed by atoms with Crippen molar-refractivity contribution in [3.8, 4) is 21.1 Å². The van der Waals surface area contributed by atoms with Crippen LogP contribution < -0.4 is 0 Å². The van der Waals surface area contributed by atoms with Crippen LogP contribution in [-0.4, -0.2) is 20.2 Å². The van der Waals surface area contributed by atoms with E-state index in [0.29, 0.717) is 0 Å². The third kappa shape index (κ3) is 2.01. The summed E-state index contributed by atoms with van der Waals surface area (Å²) in [6.07, 6.45) is 5.09. The number of aromatic nitrogens is 4. The average Bonchev–Trinajstić information content (AvgIpc) is 2.99. The number of aromatic amines is 1. The molecule has 0 aliphatic heterocycles. The van der Waals surface area contributed by atoms with Crippen molar-refractivity contribution >= 4 is 27.3 Å². The summed E-state index contributed by atoms with van der Waals surface area (Å²) >= 11 is 5.20. The Kier molecular flexibility index (Phi) is 2.74. The number of pyridine rings is 1. The number of hydrogen-bond acceptors (Lipinski definition) is 4. The van der Waals surface area contributed by atoms with Gasteiger partial charge in [-0.1, -0.05) is 0 Å². The largest absolute Gasteiger partial charge is 0.265 e. The van der Waals surface area contributed by atoms with E-state index in [2.05, 4.69) is 42.2 Å². The van der Waals surface area contributed by atoms with Gasteiger partial charge in [0.05, 0.1) is 4.88 Å². The first-order chi connectivity index (χ1) is 8.34. The third-order valence-corrected chi connectivity index (χ3v) is 4.36. The summed E-state index contributed by atoms with van der Waals surface area (Å²) in [7, 11) is 0. The molecule has 84 valence electrons. The van der Waals surface area contributed by atoms with Gasteiger partial charge in [-0.2, -0.15) is 5.10 Å². The minimum atomic E-state index is 0.780. The highest BCUT2D eigenvalue weighted by atomic mass is 79.9. The van der Waals surface area contributed by atoms with Crippen LogP contribution in [0.25, 0.3) is 21.1 Å². The molecular weight excluding hydrogens is 300 g/mol. The fourth-order valence-corrected chi connectivity index (χ4v) is 3.32. The molecule has 3 aromatic rings. The van der Waals surface area contributed by atoms with E-state index in [1.807, 2.05) is 12.1 Å². The van der Waals surface area contributed by atoms with Gasteiger partial charge in [-0.15, -0.1) is 11.3 Å². The Balaban J connectivity index is 2.08. The summed E-state index contributed by atoms with van der Waals surface area (Å²) in [5, 5.41) is 6.73. The molecule has 0 unspecified atom stereocenters. The molecule has 0 spiro atoms. The van der Waals surface area contributed by atoms with Gasteiger partial charge in [0.1, 0.15) is 6.33 Å². The molecule has 0 atom stereocenters. The van der Waals surface area contributed by atoms with Crippen LogP contribution in [0.2, 0.25) is 0 Å². The highest BCUT2D eigenvalue weighted by molar-refractivity contribution is 9.10. The maximum Gasteiger partial charge on any atom is 0.166 e. The average molecular weight is 307 g/mol. The van der Waals surface area contributed by atoms with Gasteiger partial charge in [-0.25, -0.2) is 4.98 Å². The molecule has 0 fully saturated rings. The molecular formula is C11H7BrN4S. The normalized spacial score (nSPS) is 10.6. The standard InChI is InChI=1S/C11H7BrN4S/c12-8-5-9(7-1-3-13-4-2-7)17-10(8)11-14-6-15-16-11/h1-6H,(H,14,15,16). The van der Waals surface area contributed by atoms with E-state index in [4.69, 9.17) is 0 Å². The quantitative estimate of drug-likeness (QED) is 0.790. The van der Waals surface area contributed by atoms with Gasteiger partial charge in [-0.3, -0.25) is 10.1 Å². The van der Waals surface area contributed by atoms with Crippen LogP contribution in [0.3, 0.4) is 0 Å². The lowest BCUT2D eigenvalue weighted by molar-refractivity contribution is 1.10. The van der Waals surface area contributed by atoms with Crippen molar-refractivity contribution in [1.29, 1.82) is 0 Å². The molecule has 3 rings (SSSR count). The Morgan fingerprint density at radius 2 is 2.06 bits per heavy atom. The lowest BCUT2D eigenvalue weighted by atomic mass is 10.2. The highest BCUT2D eigenvalue weighted by Crippen LogP contribution is 2.39. The summed E-state index contributed by atoms with van der Waals surface area (Å²) in [4.78, 5) is 10.4. The zero-order chi connectivity index (χ0) is 11.7. The van der Waals surface area contributed by atoms with Crippen LogP contribution >= 0.6 is 27.3 Å². The molecule has 0 radical (unpaired) electrons. The van der Waals surface area contributed by atoms with Crippen molar-refractivity contribution < 1.29 is 0 Å². The zero-order valence-electron chi connectivity index (χ0n) is 8.59. The smallest absolute Gasteiger partial charge is 0.166 e. The Hall–Kier alpha value is -1.53. The van der Waals surface area contributed by atoms with E-state index in [1.165, 1.54) is 11.2 Å². The van der Waals surface area contributed by atoms with Gasteiger partial charge < -0.3 is 0 Å². The maximum absolute atomic E-state index is 4.16. The van der Waals surface area contributed by atoms with Crippen LogP contribution in [0.15, 0.2) is 41.4 Å². The number of nitrogens with one attached hydrogen (secondary N) is 1. The van der Waals surface area contributed by atoms with Gasteiger partial charge in [0.2, 0.25) is 0 Å². The molecule has 0 amide bonds. The van der Waals surface area contributed by atoms with Crippen LogP contribution in [0.5, 0.6) is 0 Å². The van der Waals surface area contributed by atoms with E-state index in [9.17, 15) is 0 Å². The van der Waals surface area contributed by atoms with E-state index in [0.717, 1.165) is 20.7 Å². The molecule has 0 bridgehead atoms. The van der Waals surface area contributed by atoms with Crippen molar-refractivity contribution in [1.82, 2.24) is 20.2 Å². The molecule has 6 heteroatoms. The number of hydrogen-bond donors (Lipinski definition) is 1. The number of rotatable bonds is 2. The number of thiophene rings is 1. The van der Waals surface area contributed by atoms with Crippen molar-refractivity contribution in [3.05, 3.63) is 41.4 Å². The SMILES string of the molecule is Brc1cc(-c2ccncc2)sc1-c1ncn[nH]1. The van der Waals surface area contributed by atoms with Crippen molar-refractivity contribution in [2.45, 2.75) is 0 Å². The second-order valence-electron chi connectivity index (χ2n) is 3.36. The first-order valence-electron chi connectivity index (χ1n) is 4.90. The van der Waals surface area contributed by atoms with Crippen LogP contribution in [0.4, 0.5) is 0 Å². The molecule has 17 heavy (non-hydrogen) atoms. The first-order valence-corrected chi connectivity index (χ1v) is 6.51. The van der Waals surface area contributed by atoms with Gasteiger partial charge in [-0.05, 0) is 39.7 Å². The second-order valence-corrected chi connectivity index (χ2v) is 5.26. The number of halogens is 1. The van der Waals surface area contributed by atoms with Crippen LogP contribution in [-0.2, 0) is 0 Å². The Morgan fingerprint density at radius 1 is 1.24 bits per heavy atom. The minimum Gasteiger partial charge on any atom is -0.265 e. The van der Waals surface area contributed by atoms with Crippen LogP contribution in [0.1, 0.15) is 0 Å². The third-order valence-electron chi connectivity index (χ3n) is 2.28. The first kappa shape index (κ1) is 10.6. The molecule has 3 heterocycles. The van der Waals surface area contributed by atoms with Gasteiger partial charge in [0.25, 0.3) is 0 Å². The lowest BCUT2D eigenvalue weighted by Crippen LogP contribution is -1.75. The number of nitrogens with zero attached hydrogens (tertiary/aromatic N) is 3. The molecule has 0 aliphatic rings. The van der Waals surface area contributed by atoms with E-state index >= 15 is 0 Å². The van der Waals surface area contributed by atoms with Crippen molar-refractivity contribution in [2.75, 3.05) is 0 Å². The maximum atomic E-state index is 4.16. The van der Waals surface area contributed by atoms with E-state index < -0.39 is 0 Å². The van der Waals surface area contributed by atoms with Crippen LogP contribution in [0, 0.1) is 0 Å². The summed E-state index contributed by atoms with van der Waals surface area (Å²) in [6, 6.07) is 6.06. The molecule has 4 nitrogen and oxygen atoms in total. The highest BCUT2D eigenvalue weighted by Gasteiger charge is 2.12. The Bertz CT molecular complexity index is 618. The van der Waals surface area contributed by atoms with Gasteiger partial charge in [0, 0.05) is 21.7 Å². The molecule has 1 N–H and O–H groups in total. The minimum absolute atomic E-state index is 0.780. The van der Waals surface area contributed by atoms with Crippen molar-refractivity contribution in [3.63, 3.8) is 0 Å². The fraction of sp³-hybridized carbons (Fsp3) is 0. The topological polar surface area (TPSA) is 54.5 Å². The second kappa shape index (κ2) is 4.38. The Morgan fingerprint density at radius 3 is 2.76 bits per heavy atom. The van der Waals surface area contributed by atoms with Crippen molar-refractivity contribution in [2.24, 2.45) is 0 Å². The van der Waals surface area contributed by atoms with E-state index in [1.54, 1.807) is 23.7 Å². The summed E-state index contributed by atoms with van der Waals surface area (Å²) in [5.74, 6) is 0.780. The molecule has 0 saturated heterocycles. The Labute approximate surface area is 110 Å². The fourth-order valence-electron chi connectivity index (χ4n) is 1.50. The predicted octanol–water partition coefficient (Wildman–Crippen LogP) is 3.36. The van der Waals surface area contributed by atoms with Gasteiger partial charge in [0.15, 0.2) is 5.82 Å². The summed E-state index contributed by atoms with van der Waals surface area (Å²) in [6.45, 7) is 0. The monoisotopic (exact) mass is 306 g/mol. The van der Waals surface area contributed by atoms with Gasteiger partial charge >= 0.3 is 0 Å². The molecule has 0 saturated carbocycles. The summed E-state index contributed by atoms with van der Waals surface area (Å²) in [5.41, 5.74) is 1.15. The summed E-state index contributed by atoms with van der Waals surface area (Å²) < 4.78 is 1.02. The molecule has 0 aliphatic carbocycles. The van der Waals surface area contributed by atoms with E-state index in [-0.39, 0.29) is 0 Å². The molecule has 0 aromatic carbocycles. The molecule has 3 aromatic heterocycles. The predicted molar refractivity (Wildman–Crippen MR) is 70.6 cm³/mol. The zero-order valence-corrected chi connectivity index (χ0v) is 11.0. The lowest BCUT2D eigenvalue weighted by Gasteiger charge is -1.93. The number of H-pyrrole nitrogens is 1.